The number of rotatable bonds is 4. The van der Waals surface area contributed by atoms with Crippen LogP contribution in [0.2, 0.25) is 0 Å². The predicted molar refractivity (Wildman–Crippen MR) is 85.5 cm³/mol. The highest BCUT2D eigenvalue weighted by Gasteiger charge is 2.77. The smallest absolute Gasteiger partial charge is 0.300 e. The van der Waals surface area contributed by atoms with Crippen LogP contribution in [0.4, 0.5) is 0 Å². The van der Waals surface area contributed by atoms with E-state index in [-0.39, 0.29) is 24.2 Å². The van der Waals surface area contributed by atoms with E-state index in [1.807, 2.05) is 0 Å². The summed E-state index contributed by atoms with van der Waals surface area (Å²) in [6, 6.07) is 5.95. The Morgan fingerprint density at radius 1 is 1.20 bits per heavy atom. The van der Waals surface area contributed by atoms with Crippen molar-refractivity contribution < 1.29 is 19.4 Å². The Bertz CT molecular complexity index is 809. The number of likely N-dealkylation sites (tertiary alicyclic amines) is 1. The number of ketones is 2. The first-order chi connectivity index (χ1) is 11.7. The Hall–Kier alpha value is -2.68. The van der Waals surface area contributed by atoms with Crippen LogP contribution < -0.4 is 0 Å². The first kappa shape index (κ1) is 17.2. The van der Waals surface area contributed by atoms with Gasteiger partial charge in [0.15, 0.2) is 0 Å². The largest absolute Gasteiger partial charge is 0.306 e. The van der Waals surface area contributed by atoms with Gasteiger partial charge in [-0.25, -0.2) is 0 Å². The average molecular weight is 347 g/mol. The molecular formula is C16H17N3O6. The SMILES string of the molecule is CC(=O)C[C@@H]1[C@]2([N+](=O)[O-])CN(C)C[C@@]1([N+](=O)[O-])c1ccccc1C2=O. The first-order valence-electron chi connectivity index (χ1n) is 7.79. The van der Waals surface area contributed by atoms with Crippen LogP contribution in [0, 0.1) is 26.1 Å². The molecule has 0 amide bonds. The fourth-order valence-corrected chi connectivity index (χ4v) is 4.47. The average Bonchev–Trinajstić information content (AvgIpc) is 2.53. The lowest BCUT2D eigenvalue weighted by molar-refractivity contribution is -0.640. The summed E-state index contributed by atoms with van der Waals surface area (Å²) in [5, 5.41) is 24.2. The molecule has 0 spiro atoms. The Labute approximate surface area is 142 Å². The standard InChI is InChI=1S/C16H17N3O6/c1-10(20)7-13-15(18(22)23)8-17(2)9-16(13,19(24)25)14(21)11-5-3-4-6-12(11)15/h3-6,13H,7-9H2,1-2H3/t13-,15+,16+/m0/s1. The number of nitro groups is 2. The van der Waals surface area contributed by atoms with E-state index >= 15 is 0 Å². The van der Waals surface area contributed by atoms with E-state index in [4.69, 9.17) is 0 Å². The second kappa shape index (κ2) is 5.41. The molecule has 0 radical (unpaired) electrons. The van der Waals surface area contributed by atoms with E-state index in [1.165, 1.54) is 37.1 Å². The number of fused-ring (bicyclic) bond motifs is 4. The van der Waals surface area contributed by atoms with E-state index in [0.717, 1.165) is 0 Å². The fraction of sp³-hybridized carbons (Fsp3) is 0.500. The number of hydrogen-bond donors (Lipinski definition) is 0. The summed E-state index contributed by atoms with van der Waals surface area (Å²) in [5.41, 5.74) is -3.93. The molecule has 1 aromatic rings. The first-order valence-corrected chi connectivity index (χ1v) is 7.79. The molecule has 3 atom stereocenters. The number of nitrogens with zero attached hydrogens (tertiary/aromatic N) is 3. The van der Waals surface area contributed by atoms with Crippen molar-refractivity contribution in [2.75, 3.05) is 20.1 Å². The van der Waals surface area contributed by atoms with Crippen LogP contribution in [0.15, 0.2) is 24.3 Å². The molecule has 1 heterocycles. The summed E-state index contributed by atoms with van der Waals surface area (Å²) in [4.78, 5) is 49.3. The van der Waals surface area contributed by atoms with Crippen molar-refractivity contribution in [3.63, 3.8) is 0 Å². The minimum atomic E-state index is -2.21. The van der Waals surface area contributed by atoms with Gasteiger partial charge in [-0.15, -0.1) is 0 Å². The summed E-state index contributed by atoms with van der Waals surface area (Å²) in [6.07, 6.45) is -0.393. The van der Waals surface area contributed by atoms with Crippen LogP contribution >= 0.6 is 0 Å². The minimum Gasteiger partial charge on any atom is -0.300 e. The highest BCUT2D eigenvalue weighted by atomic mass is 16.6. The van der Waals surface area contributed by atoms with Gasteiger partial charge in [0, 0.05) is 27.4 Å². The van der Waals surface area contributed by atoms with Crippen molar-refractivity contribution in [2.45, 2.75) is 24.4 Å². The zero-order chi connectivity index (χ0) is 18.6. The van der Waals surface area contributed by atoms with Crippen LogP contribution in [-0.4, -0.2) is 52.0 Å². The lowest BCUT2D eigenvalue weighted by atomic mass is 9.56. The third kappa shape index (κ3) is 2.05. The zero-order valence-electron chi connectivity index (χ0n) is 13.8. The maximum Gasteiger partial charge on any atom is 0.306 e. The Morgan fingerprint density at radius 3 is 2.32 bits per heavy atom. The fourth-order valence-electron chi connectivity index (χ4n) is 4.47. The summed E-state index contributed by atoms with van der Waals surface area (Å²) in [6.45, 7) is 0.865. The topological polar surface area (TPSA) is 124 Å². The van der Waals surface area contributed by atoms with E-state index < -0.39 is 44.8 Å². The second-order valence-corrected chi connectivity index (χ2v) is 6.87. The van der Waals surface area contributed by atoms with Crippen molar-refractivity contribution in [3.05, 3.63) is 55.6 Å². The molecule has 1 aromatic carbocycles. The van der Waals surface area contributed by atoms with Gasteiger partial charge in [0.25, 0.3) is 5.54 Å². The van der Waals surface area contributed by atoms with Crippen LogP contribution in [0.3, 0.4) is 0 Å². The van der Waals surface area contributed by atoms with Gasteiger partial charge in [-0.05, 0) is 14.0 Å². The molecule has 9 nitrogen and oxygen atoms in total. The summed E-state index contributed by atoms with van der Waals surface area (Å²) in [7, 11) is 1.52. The van der Waals surface area contributed by atoms with Gasteiger partial charge < -0.3 is 4.79 Å². The molecule has 1 aliphatic heterocycles. The van der Waals surface area contributed by atoms with Crippen molar-refractivity contribution in [1.29, 1.82) is 0 Å². The molecule has 3 rings (SSSR count). The van der Waals surface area contributed by atoms with Crippen molar-refractivity contribution in [3.8, 4) is 0 Å². The molecule has 0 unspecified atom stereocenters. The molecule has 0 aromatic heterocycles. The molecule has 2 aliphatic rings. The monoisotopic (exact) mass is 347 g/mol. The molecule has 0 saturated carbocycles. The molecular weight excluding hydrogens is 330 g/mol. The van der Waals surface area contributed by atoms with E-state index in [0.29, 0.717) is 0 Å². The molecule has 1 fully saturated rings. The molecule has 2 bridgehead atoms. The van der Waals surface area contributed by atoms with Gasteiger partial charge in [0.1, 0.15) is 11.7 Å². The normalized spacial score (nSPS) is 31.3. The Morgan fingerprint density at radius 2 is 1.76 bits per heavy atom. The Balaban J connectivity index is 2.43. The molecule has 0 N–H and O–H groups in total. The number of carbonyl (C=O) groups excluding carboxylic acids is 2. The number of likely N-dealkylation sites (N-methyl/N-ethyl adjacent to an activating group) is 1. The lowest BCUT2D eigenvalue weighted by Gasteiger charge is -2.50. The van der Waals surface area contributed by atoms with Gasteiger partial charge in [-0.1, -0.05) is 24.3 Å². The summed E-state index contributed by atoms with van der Waals surface area (Å²) >= 11 is 0. The van der Waals surface area contributed by atoms with E-state index in [2.05, 4.69) is 0 Å². The molecule has 1 aliphatic carbocycles. The van der Waals surface area contributed by atoms with Crippen LogP contribution in [0.1, 0.15) is 29.3 Å². The van der Waals surface area contributed by atoms with E-state index in [9.17, 15) is 29.8 Å². The molecule has 25 heavy (non-hydrogen) atoms. The number of hydrogen-bond acceptors (Lipinski definition) is 7. The highest BCUT2D eigenvalue weighted by molar-refractivity contribution is 6.06. The summed E-state index contributed by atoms with van der Waals surface area (Å²) in [5.74, 6) is -2.51. The molecule has 1 saturated heterocycles. The van der Waals surface area contributed by atoms with Crippen molar-refractivity contribution in [1.82, 2.24) is 4.90 Å². The molecule has 132 valence electrons. The van der Waals surface area contributed by atoms with Crippen LogP contribution in [-0.2, 0) is 10.3 Å². The lowest BCUT2D eigenvalue weighted by Crippen LogP contribution is -2.75. The highest BCUT2D eigenvalue weighted by Crippen LogP contribution is 2.52. The molecule has 9 heteroatoms. The van der Waals surface area contributed by atoms with Crippen molar-refractivity contribution in [2.24, 2.45) is 5.92 Å². The minimum absolute atomic E-state index is 0.00352. The van der Waals surface area contributed by atoms with Gasteiger partial charge in [0.05, 0.1) is 13.1 Å². The van der Waals surface area contributed by atoms with Gasteiger partial charge >= 0.3 is 5.54 Å². The zero-order valence-corrected chi connectivity index (χ0v) is 13.8. The van der Waals surface area contributed by atoms with Gasteiger partial charge in [0.2, 0.25) is 5.78 Å². The van der Waals surface area contributed by atoms with Gasteiger partial charge in [-0.2, -0.15) is 0 Å². The second-order valence-electron chi connectivity index (χ2n) is 6.87. The van der Waals surface area contributed by atoms with Crippen LogP contribution in [0.5, 0.6) is 0 Å². The quantitative estimate of drug-likeness (QED) is 0.585. The number of carbonyl (C=O) groups is 2. The number of benzene rings is 1. The number of piperidine rings is 1. The maximum absolute atomic E-state index is 13.1. The third-order valence-electron chi connectivity index (χ3n) is 5.35. The summed E-state index contributed by atoms with van der Waals surface area (Å²) < 4.78 is 0. The number of Topliss-reactive ketones (excluding diaryl/α,β-unsaturated/α-hetero) is 2. The third-order valence-corrected chi connectivity index (χ3v) is 5.35. The van der Waals surface area contributed by atoms with Crippen molar-refractivity contribution >= 4 is 11.6 Å². The Kier molecular flexibility index (Phi) is 3.72. The maximum atomic E-state index is 13.1. The predicted octanol–water partition coefficient (Wildman–Crippen LogP) is 0.911. The van der Waals surface area contributed by atoms with E-state index in [1.54, 1.807) is 6.07 Å². The van der Waals surface area contributed by atoms with Gasteiger partial charge in [-0.3, -0.25) is 29.9 Å². The van der Waals surface area contributed by atoms with Crippen LogP contribution in [0.25, 0.3) is 0 Å².